The summed E-state index contributed by atoms with van der Waals surface area (Å²) in [6, 6.07) is 2.97. The number of rotatable bonds is 3. The minimum Gasteiger partial charge on any atom is -0.478 e. The van der Waals surface area contributed by atoms with E-state index in [9.17, 15) is 4.79 Å². The SMILES string of the molecule is CC1CC(Oc2cc(C(=O)O)ccn2)CC(C)(C)C1. The van der Waals surface area contributed by atoms with Crippen LogP contribution in [0.5, 0.6) is 5.88 Å². The van der Waals surface area contributed by atoms with Gasteiger partial charge in [-0.15, -0.1) is 0 Å². The Labute approximate surface area is 113 Å². The zero-order valence-corrected chi connectivity index (χ0v) is 11.7. The molecule has 0 spiro atoms. The van der Waals surface area contributed by atoms with Crippen LogP contribution >= 0.6 is 0 Å². The third-order valence-corrected chi connectivity index (χ3v) is 3.62. The first kappa shape index (κ1) is 13.8. The van der Waals surface area contributed by atoms with Crippen LogP contribution in [0.4, 0.5) is 0 Å². The maximum atomic E-state index is 10.9. The van der Waals surface area contributed by atoms with Crippen LogP contribution in [-0.4, -0.2) is 22.2 Å². The van der Waals surface area contributed by atoms with Crippen molar-refractivity contribution in [2.24, 2.45) is 11.3 Å². The number of nitrogens with zero attached hydrogens (tertiary/aromatic N) is 1. The lowest BCUT2D eigenvalue weighted by molar-refractivity contribution is 0.0527. The van der Waals surface area contributed by atoms with Crippen LogP contribution in [0.25, 0.3) is 0 Å². The second-order valence-corrected chi connectivity index (χ2v) is 6.34. The first-order chi connectivity index (χ1) is 8.85. The van der Waals surface area contributed by atoms with Crippen molar-refractivity contribution in [3.05, 3.63) is 23.9 Å². The van der Waals surface area contributed by atoms with Gasteiger partial charge in [-0.05, 0) is 36.7 Å². The van der Waals surface area contributed by atoms with E-state index in [0.29, 0.717) is 11.8 Å². The summed E-state index contributed by atoms with van der Waals surface area (Å²) >= 11 is 0. The molecule has 2 atom stereocenters. The molecule has 0 aromatic carbocycles. The monoisotopic (exact) mass is 263 g/mol. The van der Waals surface area contributed by atoms with Crippen LogP contribution in [0.1, 0.15) is 50.4 Å². The second kappa shape index (κ2) is 5.19. The van der Waals surface area contributed by atoms with Crippen LogP contribution in [-0.2, 0) is 0 Å². The number of hydrogen-bond donors (Lipinski definition) is 1. The summed E-state index contributed by atoms with van der Waals surface area (Å²) in [4.78, 5) is 15.0. The molecule has 1 saturated carbocycles. The van der Waals surface area contributed by atoms with Crippen molar-refractivity contribution in [2.75, 3.05) is 0 Å². The van der Waals surface area contributed by atoms with E-state index in [0.717, 1.165) is 12.8 Å². The quantitative estimate of drug-likeness (QED) is 0.908. The molecule has 1 fully saturated rings. The Hall–Kier alpha value is -1.58. The smallest absolute Gasteiger partial charge is 0.335 e. The van der Waals surface area contributed by atoms with Gasteiger partial charge in [0.1, 0.15) is 6.10 Å². The van der Waals surface area contributed by atoms with Crippen molar-refractivity contribution in [1.29, 1.82) is 0 Å². The van der Waals surface area contributed by atoms with Crippen LogP contribution < -0.4 is 4.74 Å². The third-order valence-electron chi connectivity index (χ3n) is 3.62. The van der Waals surface area contributed by atoms with Crippen LogP contribution in [0.2, 0.25) is 0 Å². The molecule has 4 nitrogen and oxygen atoms in total. The normalized spacial score (nSPS) is 25.8. The molecular weight excluding hydrogens is 242 g/mol. The number of carbonyl (C=O) groups is 1. The fourth-order valence-electron chi connectivity index (χ4n) is 3.13. The summed E-state index contributed by atoms with van der Waals surface area (Å²) in [5, 5.41) is 8.96. The first-order valence-electron chi connectivity index (χ1n) is 6.72. The van der Waals surface area contributed by atoms with Crippen molar-refractivity contribution in [3.8, 4) is 5.88 Å². The molecule has 19 heavy (non-hydrogen) atoms. The number of hydrogen-bond acceptors (Lipinski definition) is 3. The molecule has 0 radical (unpaired) electrons. The van der Waals surface area contributed by atoms with Gasteiger partial charge in [0.25, 0.3) is 0 Å². The Morgan fingerprint density at radius 3 is 2.84 bits per heavy atom. The molecule has 0 saturated heterocycles. The summed E-state index contributed by atoms with van der Waals surface area (Å²) in [6.45, 7) is 6.73. The van der Waals surface area contributed by atoms with E-state index in [4.69, 9.17) is 9.84 Å². The van der Waals surface area contributed by atoms with Crippen LogP contribution in [0.15, 0.2) is 18.3 Å². The van der Waals surface area contributed by atoms with E-state index < -0.39 is 5.97 Å². The third kappa shape index (κ3) is 3.69. The van der Waals surface area contributed by atoms with Gasteiger partial charge in [-0.25, -0.2) is 9.78 Å². The van der Waals surface area contributed by atoms with Gasteiger partial charge in [-0.1, -0.05) is 20.8 Å². The highest BCUT2D eigenvalue weighted by Crippen LogP contribution is 2.39. The summed E-state index contributed by atoms with van der Waals surface area (Å²) in [5.74, 6) is 0.0794. The van der Waals surface area contributed by atoms with Crippen LogP contribution in [0.3, 0.4) is 0 Å². The predicted molar refractivity (Wildman–Crippen MR) is 72.4 cm³/mol. The zero-order valence-electron chi connectivity index (χ0n) is 11.7. The Morgan fingerprint density at radius 2 is 2.21 bits per heavy atom. The zero-order chi connectivity index (χ0) is 14.0. The van der Waals surface area contributed by atoms with Crippen LogP contribution in [0, 0.1) is 11.3 Å². The second-order valence-electron chi connectivity index (χ2n) is 6.34. The van der Waals surface area contributed by atoms with E-state index in [1.165, 1.54) is 24.8 Å². The van der Waals surface area contributed by atoms with Crippen molar-refractivity contribution in [1.82, 2.24) is 4.98 Å². The Morgan fingerprint density at radius 1 is 1.47 bits per heavy atom. The van der Waals surface area contributed by atoms with Gasteiger partial charge >= 0.3 is 5.97 Å². The Kier molecular flexibility index (Phi) is 3.78. The number of pyridine rings is 1. The summed E-state index contributed by atoms with van der Waals surface area (Å²) < 4.78 is 5.88. The lowest BCUT2D eigenvalue weighted by atomic mass is 9.71. The molecule has 1 aromatic rings. The highest BCUT2D eigenvalue weighted by molar-refractivity contribution is 5.87. The maximum Gasteiger partial charge on any atom is 0.335 e. The van der Waals surface area contributed by atoms with Gasteiger partial charge in [0.15, 0.2) is 0 Å². The molecule has 1 aromatic heterocycles. The minimum absolute atomic E-state index is 0.121. The van der Waals surface area contributed by atoms with E-state index in [2.05, 4.69) is 25.8 Å². The van der Waals surface area contributed by atoms with Crippen molar-refractivity contribution in [2.45, 2.75) is 46.1 Å². The molecule has 0 amide bonds. The molecule has 1 aliphatic carbocycles. The molecule has 0 aliphatic heterocycles. The van der Waals surface area contributed by atoms with Gasteiger partial charge < -0.3 is 9.84 Å². The van der Waals surface area contributed by atoms with Gasteiger partial charge in [0.2, 0.25) is 5.88 Å². The lowest BCUT2D eigenvalue weighted by Crippen LogP contribution is -2.34. The van der Waals surface area contributed by atoms with E-state index in [-0.39, 0.29) is 17.1 Å². The summed E-state index contributed by atoms with van der Waals surface area (Å²) in [5.41, 5.74) is 0.486. The number of carboxylic acid groups (broad SMARTS) is 1. The molecule has 4 heteroatoms. The van der Waals surface area contributed by atoms with Gasteiger partial charge in [0, 0.05) is 12.3 Å². The van der Waals surface area contributed by atoms with E-state index in [1.807, 2.05) is 0 Å². The van der Waals surface area contributed by atoms with Crippen molar-refractivity contribution < 1.29 is 14.6 Å². The minimum atomic E-state index is -0.954. The average Bonchev–Trinajstić information content (AvgIpc) is 2.26. The average molecular weight is 263 g/mol. The maximum absolute atomic E-state index is 10.9. The molecule has 1 heterocycles. The van der Waals surface area contributed by atoms with Crippen molar-refractivity contribution >= 4 is 5.97 Å². The molecule has 2 rings (SSSR count). The Balaban J connectivity index is 2.08. The summed E-state index contributed by atoms with van der Waals surface area (Å²) in [7, 11) is 0. The highest BCUT2D eigenvalue weighted by atomic mass is 16.5. The largest absolute Gasteiger partial charge is 0.478 e. The predicted octanol–water partition coefficient (Wildman–Crippen LogP) is 3.37. The molecule has 1 aliphatic rings. The van der Waals surface area contributed by atoms with Crippen molar-refractivity contribution in [3.63, 3.8) is 0 Å². The molecule has 104 valence electrons. The number of aromatic carboxylic acids is 1. The molecule has 1 N–H and O–H groups in total. The van der Waals surface area contributed by atoms with Gasteiger partial charge in [-0.2, -0.15) is 0 Å². The van der Waals surface area contributed by atoms with E-state index >= 15 is 0 Å². The number of ether oxygens (including phenoxy) is 1. The standard InChI is InChI=1S/C15H21NO3/c1-10-6-12(9-15(2,3)8-10)19-13-7-11(14(17)18)4-5-16-13/h4-5,7,10,12H,6,8-9H2,1-3H3,(H,17,18). The fourth-order valence-corrected chi connectivity index (χ4v) is 3.13. The molecule has 0 bridgehead atoms. The summed E-state index contributed by atoms with van der Waals surface area (Å²) in [6.07, 6.45) is 4.79. The van der Waals surface area contributed by atoms with Gasteiger partial charge in [-0.3, -0.25) is 0 Å². The number of aromatic nitrogens is 1. The lowest BCUT2D eigenvalue weighted by Gasteiger charge is -2.38. The number of carboxylic acids is 1. The fraction of sp³-hybridized carbons (Fsp3) is 0.600. The van der Waals surface area contributed by atoms with Gasteiger partial charge in [0.05, 0.1) is 5.56 Å². The topological polar surface area (TPSA) is 59.4 Å². The molecular formula is C15H21NO3. The van der Waals surface area contributed by atoms with E-state index in [1.54, 1.807) is 0 Å². The Bertz CT molecular complexity index is 470. The molecule has 2 unspecified atom stereocenters. The highest BCUT2D eigenvalue weighted by Gasteiger charge is 2.33. The first-order valence-corrected chi connectivity index (χ1v) is 6.72.